The number of carbonyl (C=O) groups is 1. The number of methoxy groups -OCH3 is 2. The topological polar surface area (TPSA) is 62.6 Å². The molecule has 1 aliphatic rings. The maximum absolute atomic E-state index is 13.6. The second-order valence-corrected chi connectivity index (χ2v) is 8.13. The molecule has 0 saturated heterocycles. The minimum atomic E-state index is -0.529. The number of hydrogen-bond donors (Lipinski definition) is 0. The molecule has 162 valence electrons. The molecule has 1 aliphatic heterocycles. The summed E-state index contributed by atoms with van der Waals surface area (Å²) in [6.45, 7) is 0.447. The van der Waals surface area contributed by atoms with Crippen LogP contribution in [-0.4, -0.2) is 31.6 Å². The van der Waals surface area contributed by atoms with Crippen molar-refractivity contribution in [2.75, 3.05) is 20.8 Å². The molecule has 3 aromatic rings. The van der Waals surface area contributed by atoms with Gasteiger partial charge in [0.2, 0.25) is 0 Å². The minimum Gasteiger partial charge on any atom is -0.496 e. The van der Waals surface area contributed by atoms with Gasteiger partial charge < -0.3 is 14.4 Å². The van der Waals surface area contributed by atoms with Gasteiger partial charge in [-0.25, -0.2) is 0 Å². The molecular weight excluding hydrogens is 447 g/mol. The fourth-order valence-electron chi connectivity index (χ4n) is 4.19. The molecule has 0 saturated carbocycles. The largest absolute Gasteiger partial charge is 0.496 e. The average Bonchev–Trinajstić information content (AvgIpc) is 2.84. The highest BCUT2D eigenvalue weighted by atomic mass is 35.5. The van der Waals surface area contributed by atoms with Gasteiger partial charge >= 0.3 is 0 Å². The van der Waals surface area contributed by atoms with E-state index in [1.54, 1.807) is 49.5 Å². The maximum Gasteiger partial charge on any atom is 0.254 e. The van der Waals surface area contributed by atoms with Gasteiger partial charge in [-0.3, -0.25) is 4.79 Å². The van der Waals surface area contributed by atoms with Crippen molar-refractivity contribution < 1.29 is 14.3 Å². The number of ether oxygens (including phenoxy) is 2. The predicted molar refractivity (Wildman–Crippen MR) is 124 cm³/mol. The van der Waals surface area contributed by atoms with Gasteiger partial charge in [-0.2, -0.15) is 5.26 Å². The molecule has 1 atom stereocenters. The van der Waals surface area contributed by atoms with Gasteiger partial charge in [0.05, 0.1) is 41.9 Å². The van der Waals surface area contributed by atoms with E-state index in [-0.39, 0.29) is 5.91 Å². The molecule has 0 radical (unpaired) electrons. The second-order valence-electron chi connectivity index (χ2n) is 7.35. The first-order chi connectivity index (χ1) is 15.5. The van der Waals surface area contributed by atoms with Gasteiger partial charge in [-0.15, -0.1) is 0 Å². The lowest BCUT2D eigenvalue weighted by molar-refractivity contribution is 0.0691. The summed E-state index contributed by atoms with van der Waals surface area (Å²) in [6, 6.07) is 17.2. The van der Waals surface area contributed by atoms with E-state index in [4.69, 9.17) is 37.9 Å². The molecule has 0 spiro atoms. The van der Waals surface area contributed by atoms with E-state index in [1.165, 1.54) is 0 Å². The number of nitrogens with zero attached hydrogens (tertiary/aromatic N) is 2. The van der Waals surface area contributed by atoms with Crippen molar-refractivity contribution in [2.45, 2.75) is 12.5 Å². The zero-order valence-electron chi connectivity index (χ0n) is 17.6. The molecule has 7 heteroatoms. The molecule has 0 aromatic heterocycles. The van der Waals surface area contributed by atoms with Gasteiger partial charge in [-0.05, 0) is 54.4 Å². The molecule has 0 bridgehead atoms. The number of halogens is 2. The number of rotatable bonds is 4. The zero-order chi connectivity index (χ0) is 22.8. The van der Waals surface area contributed by atoms with E-state index in [1.807, 2.05) is 24.3 Å². The summed E-state index contributed by atoms with van der Waals surface area (Å²) in [4.78, 5) is 15.4. The Morgan fingerprint density at radius 2 is 1.72 bits per heavy atom. The van der Waals surface area contributed by atoms with Crippen LogP contribution in [0.1, 0.15) is 38.7 Å². The molecular formula is C25H20Cl2N2O3. The quantitative estimate of drug-likeness (QED) is 0.496. The number of benzene rings is 3. The lowest BCUT2D eigenvalue weighted by Crippen LogP contribution is -2.41. The first kappa shape index (κ1) is 22.0. The van der Waals surface area contributed by atoms with E-state index in [0.29, 0.717) is 45.5 Å². The summed E-state index contributed by atoms with van der Waals surface area (Å²) in [5, 5.41) is 9.87. The second kappa shape index (κ2) is 9.12. The minimum absolute atomic E-state index is 0.175. The van der Waals surface area contributed by atoms with Gasteiger partial charge in [0, 0.05) is 23.2 Å². The SMILES string of the molecule is COc1ccc(OC)c2c1CCN(C(=O)c1ccc(C#N)cc1)C2c1cccc(Cl)c1Cl. The molecule has 0 N–H and O–H groups in total. The fourth-order valence-corrected chi connectivity index (χ4v) is 4.61. The first-order valence-electron chi connectivity index (χ1n) is 9.99. The lowest BCUT2D eigenvalue weighted by Gasteiger charge is -2.39. The Morgan fingerprint density at radius 3 is 2.38 bits per heavy atom. The summed E-state index contributed by atoms with van der Waals surface area (Å²) in [5.41, 5.74) is 3.47. The standard InChI is InChI=1S/C25H20Cl2N2O3/c1-31-20-10-11-21(32-2)22-17(20)12-13-29(24(22)18-4-3-5-19(26)23(18)27)25(30)16-8-6-15(14-28)7-9-16/h3-11,24H,12-13H2,1-2H3. The number of carbonyl (C=O) groups excluding carboxylic acids is 1. The van der Waals surface area contributed by atoms with Crippen LogP contribution in [0.3, 0.4) is 0 Å². The average molecular weight is 467 g/mol. The van der Waals surface area contributed by atoms with E-state index in [9.17, 15) is 4.79 Å². The first-order valence-corrected chi connectivity index (χ1v) is 10.7. The number of amides is 1. The van der Waals surface area contributed by atoms with Crippen molar-refractivity contribution in [3.63, 3.8) is 0 Å². The smallest absolute Gasteiger partial charge is 0.254 e. The normalized spacial score (nSPS) is 15.0. The van der Waals surface area contributed by atoms with E-state index >= 15 is 0 Å². The summed E-state index contributed by atoms with van der Waals surface area (Å²) in [5.74, 6) is 1.19. The summed E-state index contributed by atoms with van der Waals surface area (Å²) in [7, 11) is 3.22. The van der Waals surface area contributed by atoms with Gasteiger partial charge in [-0.1, -0.05) is 35.3 Å². The highest BCUT2D eigenvalue weighted by molar-refractivity contribution is 6.42. The summed E-state index contributed by atoms with van der Waals surface area (Å²) < 4.78 is 11.3. The third-order valence-electron chi connectivity index (χ3n) is 5.70. The monoisotopic (exact) mass is 466 g/mol. The molecule has 5 nitrogen and oxygen atoms in total. The van der Waals surface area contributed by atoms with Crippen molar-refractivity contribution >= 4 is 29.1 Å². The molecule has 3 aromatic carbocycles. The molecule has 1 heterocycles. The van der Waals surface area contributed by atoms with Crippen LogP contribution in [-0.2, 0) is 6.42 Å². The van der Waals surface area contributed by atoms with Crippen molar-refractivity contribution in [1.82, 2.24) is 4.90 Å². The molecule has 1 amide bonds. The fraction of sp³-hybridized carbons (Fsp3) is 0.200. The lowest BCUT2D eigenvalue weighted by atomic mass is 9.86. The Kier molecular flexibility index (Phi) is 6.27. The molecule has 1 unspecified atom stereocenters. The molecule has 0 aliphatic carbocycles. The van der Waals surface area contributed by atoms with Crippen LogP contribution in [0.5, 0.6) is 11.5 Å². The van der Waals surface area contributed by atoms with E-state index < -0.39 is 6.04 Å². The van der Waals surface area contributed by atoms with Crippen LogP contribution in [0.2, 0.25) is 10.0 Å². The van der Waals surface area contributed by atoms with Crippen LogP contribution < -0.4 is 9.47 Å². The highest BCUT2D eigenvalue weighted by Crippen LogP contribution is 2.47. The Bertz CT molecular complexity index is 1220. The highest BCUT2D eigenvalue weighted by Gasteiger charge is 2.37. The van der Waals surface area contributed by atoms with Crippen molar-refractivity contribution in [1.29, 1.82) is 5.26 Å². The van der Waals surface area contributed by atoms with Crippen LogP contribution in [0, 0.1) is 11.3 Å². The third-order valence-corrected chi connectivity index (χ3v) is 6.53. The number of hydrogen-bond acceptors (Lipinski definition) is 4. The Hall–Kier alpha value is -3.20. The van der Waals surface area contributed by atoms with E-state index in [0.717, 1.165) is 16.9 Å². The van der Waals surface area contributed by atoms with Crippen molar-refractivity contribution in [3.8, 4) is 17.6 Å². The van der Waals surface area contributed by atoms with Crippen LogP contribution in [0.15, 0.2) is 54.6 Å². The Balaban J connectivity index is 1.92. The van der Waals surface area contributed by atoms with Gasteiger partial charge in [0.1, 0.15) is 11.5 Å². The van der Waals surface area contributed by atoms with Crippen LogP contribution in [0.25, 0.3) is 0 Å². The Labute approximate surface area is 196 Å². The van der Waals surface area contributed by atoms with Crippen molar-refractivity contribution in [2.24, 2.45) is 0 Å². The van der Waals surface area contributed by atoms with Crippen molar-refractivity contribution in [3.05, 3.63) is 92.5 Å². The molecule has 0 fully saturated rings. The van der Waals surface area contributed by atoms with Crippen LogP contribution >= 0.6 is 23.2 Å². The zero-order valence-corrected chi connectivity index (χ0v) is 19.1. The summed E-state index contributed by atoms with van der Waals surface area (Å²) in [6.07, 6.45) is 0.590. The maximum atomic E-state index is 13.6. The van der Waals surface area contributed by atoms with Gasteiger partial charge in [0.25, 0.3) is 5.91 Å². The third kappa shape index (κ3) is 3.77. The predicted octanol–water partition coefficient (Wildman–Crippen LogP) is 5.67. The Morgan fingerprint density at radius 1 is 1.03 bits per heavy atom. The number of fused-ring (bicyclic) bond motifs is 1. The van der Waals surface area contributed by atoms with Crippen LogP contribution in [0.4, 0.5) is 0 Å². The van der Waals surface area contributed by atoms with Gasteiger partial charge in [0.15, 0.2) is 0 Å². The molecule has 4 rings (SSSR count). The molecule has 32 heavy (non-hydrogen) atoms. The number of nitriles is 1. The summed E-state index contributed by atoms with van der Waals surface area (Å²) >= 11 is 13.0. The van der Waals surface area contributed by atoms with E-state index in [2.05, 4.69) is 6.07 Å².